The number of aldehydes is 1. The maximum atomic E-state index is 10.4. The second kappa shape index (κ2) is 5.12. The molecule has 0 aromatic heterocycles. The number of phenols is 1. The number of ether oxygens (including phenoxy) is 1. The number of benzene rings is 1. The molecule has 0 aliphatic carbocycles. The van der Waals surface area contributed by atoms with E-state index < -0.39 is 0 Å². The Balaban J connectivity index is 3.14. The lowest BCUT2D eigenvalue weighted by Gasteiger charge is -2.09. The maximum Gasteiger partial charge on any atom is 0.133 e. The number of methoxy groups -OCH3 is 1. The zero-order valence-electron chi connectivity index (χ0n) is 7.79. The van der Waals surface area contributed by atoms with Crippen molar-refractivity contribution in [3.05, 3.63) is 27.7 Å². The predicted octanol–water partition coefficient (Wildman–Crippen LogP) is 2.04. The summed E-state index contributed by atoms with van der Waals surface area (Å²) >= 11 is 3.19. The number of carbonyl (C=O) groups is 1. The summed E-state index contributed by atoms with van der Waals surface area (Å²) in [7, 11) is 1.57. The molecule has 0 fully saturated rings. The molecule has 0 heterocycles. The van der Waals surface area contributed by atoms with Gasteiger partial charge in [0.15, 0.2) is 0 Å². The number of halogens is 1. The zero-order chi connectivity index (χ0) is 10.6. The van der Waals surface area contributed by atoms with Crippen LogP contribution in [0.1, 0.15) is 11.1 Å². The van der Waals surface area contributed by atoms with Crippen LogP contribution in [0.15, 0.2) is 16.6 Å². The minimum absolute atomic E-state index is 0.117. The van der Waals surface area contributed by atoms with Crippen molar-refractivity contribution in [2.45, 2.75) is 13.0 Å². The van der Waals surface area contributed by atoms with E-state index >= 15 is 0 Å². The quantitative estimate of drug-likeness (QED) is 0.841. The van der Waals surface area contributed by atoms with Gasteiger partial charge in [0, 0.05) is 19.1 Å². The molecule has 0 aliphatic heterocycles. The van der Waals surface area contributed by atoms with E-state index in [1.54, 1.807) is 13.2 Å². The zero-order valence-corrected chi connectivity index (χ0v) is 9.37. The Bertz CT molecular complexity index is 336. The number of hydrogen-bond acceptors (Lipinski definition) is 3. The molecule has 3 nitrogen and oxygen atoms in total. The summed E-state index contributed by atoms with van der Waals surface area (Å²) in [6.45, 7) is 0.393. The third kappa shape index (κ3) is 2.33. The molecule has 1 N–H and O–H groups in total. The van der Waals surface area contributed by atoms with E-state index in [0.29, 0.717) is 16.6 Å². The average Bonchev–Trinajstić information content (AvgIpc) is 2.18. The second-order valence-corrected chi connectivity index (χ2v) is 3.69. The Hall–Kier alpha value is -0.870. The van der Waals surface area contributed by atoms with Gasteiger partial charge in [-0.2, -0.15) is 0 Å². The molecule has 0 amide bonds. The first-order chi connectivity index (χ1) is 6.70. The third-order valence-corrected chi connectivity index (χ3v) is 2.56. The van der Waals surface area contributed by atoms with Crippen molar-refractivity contribution in [1.82, 2.24) is 0 Å². The molecule has 14 heavy (non-hydrogen) atoms. The third-order valence-electron chi connectivity index (χ3n) is 1.92. The van der Waals surface area contributed by atoms with Crippen LogP contribution in [0, 0.1) is 0 Å². The van der Waals surface area contributed by atoms with Crippen molar-refractivity contribution in [3.8, 4) is 5.75 Å². The maximum absolute atomic E-state index is 10.4. The van der Waals surface area contributed by atoms with Gasteiger partial charge in [-0.3, -0.25) is 0 Å². The van der Waals surface area contributed by atoms with E-state index in [9.17, 15) is 9.90 Å². The van der Waals surface area contributed by atoms with E-state index in [1.165, 1.54) is 0 Å². The van der Waals surface area contributed by atoms with Crippen LogP contribution in [0.5, 0.6) is 5.75 Å². The van der Waals surface area contributed by atoms with E-state index in [1.807, 2.05) is 6.07 Å². The molecule has 4 heteroatoms. The molecular formula is C10H11BrO3. The van der Waals surface area contributed by atoms with Crippen LogP contribution in [0.3, 0.4) is 0 Å². The van der Waals surface area contributed by atoms with Crippen LogP contribution in [-0.2, 0) is 22.6 Å². The summed E-state index contributed by atoms with van der Waals surface area (Å²) in [5.74, 6) is 0.117. The first-order valence-electron chi connectivity index (χ1n) is 4.12. The lowest BCUT2D eigenvalue weighted by atomic mass is 10.0. The minimum atomic E-state index is 0.117. The van der Waals surface area contributed by atoms with E-state index in [2.05, 4.69) is 15.9 Å². The van der Waals surface area contributed by atoms with E-state index in [4.69, 9.17) is 4.74 Å². The highest BCUT2D eigenvalue weighted by Gasteiger charge is 2.10. The second-order valence-electron chi connectivity index (χ2n) is 2.84. The van der Waals surface area contributed by atoms with E-state index in [0.717, 1.165) is 11.8 Å². The van der Waals surface area contributed by atoms with Gasteiger partial charge in [0.1, 0.15) is 12.0 Å². The fourth-order valence-electron chi connectivity index (χ4n) is 1.25. The number of carbonyl (C=O) groups excluding carboxylic acids is 1. The monoisotopic (exact) mass is 258 g/mol. The van der Waals surface area contributed by atoms with Crippen LogP contribution >= 0.6 is 15.9 Å². The summed E-state index contributed by atoms with van der Waals surface area (Å²) in [6, 6.07) is 3.56. The smallest absolute Gasteiger partial charge is 0.133 e. The van der Waals surface area contributed by atoms with Gasteiger partial charge in [0.2, 0.25) is 0 Å². The van der Waals surface area contributed by atoms with Crippen LogP contribution in [0.4, 0.5) is 0 Å². The largest absolute Gasteiger partial charge is 0.506 e. The van der Waals surface area contributed by atoms with Gasteiger partial charge in [-0.25, -0.2) is 0 Å². The Labute approximate surface area is 90.8 Å². The Morgan fingerprint density at radius 3 is 2.86 bits per heavy atom. The molecule has 0 saturated carbocycles. The molecule has 0 radical (unpaired) electrons. The van der Waals surface area contributed by atoms with Gasteiger partial charge in [-0.05, 0) is 27.6 Å². The average molecular weight is 259 g/mol. The van der Waals surface area contributed by atoms with Crippen molar-refractivity contribution < 1.29 is 14.6 Å². The summed E-state index contributed by atoms with van der Waals surface area (Å²) in [4.78, 5) is 10.4. The fraction of sp³-hybridized carbons (Fsp3) is 0.300. The number of aromatic hydroxyl groups is 1. The highest BCUT2D eigenvalue weighted by Crippen LogP contribution is 2.30. The lowest BCUT2D eigenvalue weighted by Crippen LogP contribution is -1.97. The Kier molecular flexibility index (Phi) is 4.10. The first kappa shape index (κ1) is 11.2. The summed E-state index contributed by atoms with van der Waals surface area (Å²) in [5.41, 5.74) is 1.46. The molecule has 0 unspecified atom stereocenters. The molecule has 76 valence electrons. The molecule has 1 aromatic carbocycles. The molecule has 1 rings (SSSR count). The predicted molar refractivity (Wildman–Crippen MR) is 56.3 cm³/mol. The van der Waals surface area contributed by atoms with Gasteiger partial charge in [-0.1, -0.05) is 6.07 Å². The molecule has 0 bridgehead atoms. The van der Waals surface area contributed by atoms with Crippen molar-refractivity contribution in [2.24, 2.45) is 0 Å². The summed E-state index contributed by atoms with van der Waals surface area (Å²) in [6.07, 6.45) is 0.963. The number of rotatable bonds is 4. The van der Waals surface area contributed by atoms with Gasteiger partial charge in [0.05, 0.1) is 11.1 Å². The molecule has 0 aliphatic rings. The normalized spacial score (nSPS) is 10.1. The minimum Gasteiger partial charge on any atom is -0.506 e. The molecular weight excluding hydrogens is 248 g/mol. The van der Waals surface area contributed by atoms with Crippen molar-refractivity contribution in [1.29, 1.82) is 0 Å². The molecule has 0 atom stereocenters. The van der Waals surface area contributed by atoms with Crippen molar-refractivity contribution >= 4 is 22.2 Å². The Morgan fingerprint density at radius 1 is 1.57 bits per heavy atom. The van der Waals surface area contributed by atoms with Gasteiger partial charge < -0.3 is 14.6 Å². The van der Waals surface area contributed by atoms with Crippen molar-refractivity contribution in [2.75, 3.05) is 7.11 Å². The van der Waals surface area contributed by atoms with Crippen LogP contribution in [-0.4, -0.2) is 18.5 Å². The molecule has 1 aromatic rings. The summed E-state index contributed by atoms with van der Waals surface area (Å²) in [5, 5.41) is 9.67. The Morgan fingerprint density at radius 2 is 2.29 bits per heavy atom. The van der Waals surface area contributed by atoms with Gasteiger partial charge in [-0.15, -0.1) is 0 Å². The van der Waals surface area contributed by atoms with Crippen LogP contribution in [0.25, 0.3) is 0 Å². The summed E-state index contributed by atoms with van der Waals surface area (Å²) < 4.78 is 5.56. The van der Waals surface area contributed by atoms with Gasteiger partial charge >= 0.3 is 0 Å². The number of hydrogen-bond donors (Lipinski definition) is 1. The standard InChI is InChI=1S/C10H11BrO3/c1-14-6-7-2-3-9(11)10(13)8(7)4-5-12/h2-3,5,13H,4,6H2,1H3. The molecule has 0 saturated heterocycles. The first-order valence-corrected chi connectivity index (χ1v) is 4.91. The topological polar surface area (TPSA) is 46.5 Å². The van der Waals surface area contributed by atoms with Crippen LogP contribution in [0.2, 0.25) is 0 Å². The molecule has 0 spiro atoms. The van der Waals surface area contributed by atoms with Crippen LogP contribution < -0.4 is 0 Å². The highest BCUT2D eigenvalue weighted by atomic mass is 79.9. The fourth-order valence-corrected chi connectivity index (χ4v) is 1.62. The SMILES string of the molecule is COCc1ccc(Br)c(O)c1CC=O. The van der Waals surface area contributed by atoms with Crippen molar-refractivity contribution in [3.63, 3.8) is 0 Å². The van der Waals surface area contributed by atoms with Gasteiger partial charge in [0.25, 0.3) is 0 Å². The van der Waals surface area contributed by atoms with E-state index in [-0.39, 0.29) is 12.2 Å². The number of phenolic OH excluding ortho intramolecular Hbond substituents is 1. The lowest BCUT2D eigenvalue weighted by molar-refractivity contribution is -0.107. The highest BCUT2D eigenvalue weighted by molar-refractivity contribution is 9.10.